The van der Waals surface area contributed by atoms with Crippen LogP contribution in [0.4, 0.5) is 0 Å². The molecule has 0 aliphatic heterocycles. The molecule has 0 saturated heterocycles. The number of carbonyl (C=O) groups is 3. The number of esters is 3. The van der Waals surface area contributed by atoms with E-state index < -0.39 is 6.10 Å². The minimum Gasteiger partial charge on any atom is -0.462 e. The number of unbranched alkanes of at least 4 members (excludes halogenated alkanes) is 32. The molecular formula is C50H96O6. The van der Waals surface area contributed by atoms with Gasteiger partial charge in [0.2, 0.25) is 0 Å². The Bertz CT molecular complexity index is 841. The lowest BCUT2D eigenvalue weighted by molar-refractivity contribution is -0.167. The summed E-state index contributed by atoms with van der Waals surface area (Å²) in [6.07, 6.45) is 45.3. The highest BCUT2D eigenvalue weighted by molar-refractivity contribution is 5.71. The summed E-state index contributed by atoms with van der Waals surface area (Å²) < 4.78 is 16.7. The predicted octanol–water partition coefficient (Wildman–Crippen LogP) is 15.9. The molecule has 0 radical (unpaired) electrons. The smallest absolute Gasteiger partial charge is 0.306 e. The van der Waals surface area contributed by atoms with Crippen molar-refractivity contribution in [1.29, 1.82) is 0 Å². The molecule has 6 nitrogen and oxygen atoms in total. The van der Waals surface area contributed by atoms with Crippen LogP contribution in [0.25, 0.3) is 0 Å². The number of carbonyl (C=O) groups excluding carboxylic acids is 3. The first kappa shape index (κ1) is 54.4. The van der Waals surface area contributed by atoms with Gasteiger partial charge in [-0.3, -0.25) is 14.4 Å². The Hall–Kier alpha value is -1.59. The maximum Gasteiger partial charge on any atom is 0.306 e. The molecule has 0 rings (SSSR count). The maximum absolute atomic E-state index is 12.7. The molecule has 0 amide bonds. The molecule has 6 heteroatoms. The molecule has 1 atom stereocenters. The summed E-state index contributed by atoms with van der Waals surface area (Å²) in [5, 5.41) is 0. The Labute approximate surface area is 348 Å². The van der Waals surface area contributed by atoms with Gasteiger partial charge in [-0.1, -0.05) is 240 Å². The minimum absolute atomic E-state index is 0.0637. The van der Waals surface area contributed by atoms with E-state index in [1.165, 1.54) is 173 Å². The molecule has 0 N–H and O–H groups in total. The van der Waals surface area contributed by atoms with Crippen LogP contribution >= 0.6 is 0 Å². The van der Waals surface area contributed by atoms with Crippen molar-refractivity contribution < 1.29 is 28.6 Å². The fraction of sp³-hybridized carbons (Fsp3) is 0.940. The van der Waals surface area contributed by atoms with Crippen LogP contribution in [0.1, 0.15) is 278 Å². The van der Waals surface area contributed by atoms with Gasteiger partial charge in [-0.15, -0.1) is 0 Å². The van der Waals surface area contributed by atoms with Crippen LogP contribution in [-0.2, 0) is 28.6 Å². The molecule has 0 aromatic carbocycles. The number of hydrogen-bond acceptors (Lipinski definition) is 6. The molecule has 0 aliphatic carbocycles. The van der Waals surface area contributed by atoms with Crippen LogP contribution in [0, 0.1) is 5.92 Å². The van der Waals surface area contributed by atoms with Gasteiger partial charge in [0.15, 0.2) is 6.10 Å². The third-order valence-electron chi connectivity index (χ3n) is 11.3. The zero-order chi connectivity index (χ0) is 41.0. The Morgan fingerprint density at radius 2 is 0.589 bits per heavy atom. The summed E-state index contributed by atoms with van der Waals surface area (Å²) in [7, 11) is 0. The summed E-state index contributed by atoms with van der Waals surface area (Å²) >= 11 is 0. The lowest BCUT2D eigenvalue weighted by Gasteiger charge is -2.18. The summed E-state index contributed by atoms with van der Waals surface area (Å²) in [6.45, 7) is 8.97. The number of rotatable bonds is 45. The third-order valence-corrected chi connectivity index (χ3v) is 11.3. The molecule has 0 saturated carbocycles. The summed E-state index contributed by atoms with van der Waals surface area (Å²) in [6, 6.07) is 0. The van der Waals surface area contributed by atoms with Gasteiger partial charge in [-0.2, -0.15) is 0 Å². The van der Waals surface area contributed by atoms with Crippen LogP contribution in [0.5, 0.6) is 0 Å². The number of hydrogen-bond donors (Lipinski definition) is 0. The van der Waals surface area contributed by atoms with Crippen molar-refractivity contribution in [2.24, 2.45) is 5.92 Å². The van der Waals surface area contributed by atoms with E-state index in [-0.39, 0.29) is 31.1 Å². The Morgan fingerprint density at radius 3 is 0.875 bits per heavy atom. The average molecular weight is 793 g/mol. The van der Waals surface area contributed by atoms with Crippen LogP contribution in [0.2, 0.25) is 0 Å². The molecular weight excluding hydrogens is 697 g/mol. The summed E-state index contributed by atoms with van der Waals surface area (Å²) in [5.74, 6) is -0.0391. The second-order valence-electron chi connectivity index (χ2n) is 17.6. The van der Waals surface area contributed by atoms with Crippen molar-refractivity contribution in [1.82, 2.24) is 0 Å². The Morgan fingerprint density at radius 1 is 0.339 bits per heavy atom. The fourth-order valence-electron chi connectivity index (χ4n) is 7.51. The standard InChI is InChI=1S/C50H96O6/c1-5-7-9-11-13-14-15-16-17-18-19-20-21-22-26-30-34-38-42-49(52)55-45-47(44-54-48(51)41-37-33-28-12-10-8-6-2)56-50(53)43-39-35-31-27-24-23-25-29-32-36-40-46(3)4/h46-47H,5-45H2,1-4H3/t47-/m0/s1. The second-order valence-corrected chi connectivity index (χ2v) is 17.6. The molecule has 0 aliphatic rings. The van der Waals surface area contributed by atoms with Gasteiger partial charge in [0.05, 0.1) is 0 Å². The van der Waals surface area contributed by atoms with Crippen LogP contribution < -0.4 is 0 Å². The fourth-order valence-corrected chi connectivity index (χ4v) is 7.51. The Kier molecular flexibility index (Phi) is 43.2. The van der Waals surface area contributed by atoms with Crippen molar-refractivity contribution >= 4 is 17.9 Å². The van der Waals surface area contributed by atoms with Crippen molar-refractivity contribution in [3.8, 4) is 0 Å². The molecule has 56 heavy (non-hydrogen) atoms. The molecule has 0 aromatic rings. The summed E-state index contributed by atoms with van der Waals surface area (Å²) in [5.41, 5.74) is 0. The van der Waals surface area contributed by atoms with E-state index in [0.717, 1.165) is 63.7 Å². The van der Waals surface area contributed by atoms with Crippen molar-refractivity contribution in [2.75, 3.05) is 13.2 Å². The Balaban J connectivity index is 4.19. The first-order valence-corrected chi connectivity index (χ1v) is 24.9. The van der Waals surface area contributed by atoms with Crippen molar-refractivity contribution in [2.45, 2.75) is 284 Å². The SMILES string of the molecule is CCCCCCCCCCCCCCCCCCCCC(=O)OC[C@H](COC(=O)CCCCCCCCC)OC(=O)CCCCCCCCCCCCC(C)C. The monoisotopic (exact) mass is 793 g/mol. The van der Waals surface area contributed by atoms with Gasteiger partial charge < -0.3 is 14.2 Å². The molecule has 0 heterocycles. The predicted molar refractivity (Wildman–Crippen MR) is 238 cm³/mol. The van der Waals surface area contributed by atoms with E-state index in [1.54, 1.807) is 0 Å². The molecule has 0 spiro atoms. The lowest BCUT2D eigenvalue weighted by atomic mass is 10.0. The van der Waals surface area contributed by atoms with E-state index >= 15 is 0 Å². The largest absolute Gasteiger partial charge is 0.462 e. The van der Waals surface area contributed by atoms with Gasteiger partial charge in [0.25, 0.3) is 0 Å². The van der Waals surface area contributed by atoms with Crippen LogP contribution in [-0.4, -0.2) is 37.2 Å². The van der Waals surface area contributed by atoms with E-state index in [2.05, 4.69) is 27.7 Å². The number of ether oxygens (including phenoxy) is 3. The molecule has 0 fully saturated rings. The van der Waals surface area contributed by atoms with Crippen molar-refractivity contribution in [3.63, 3.8) is 0 Å². The highest BCUT2D eigenvalue weighted by Crippen LogP contribution is 2.17. The molecule has 0 bridgehead atoms. The first-order chi connectivity index (χ1) is 27.4. The average Bonchev–Trinajstić information content (AvgIpc) is 3.18. The maximum atomic E-state index is 12.7. The van der Waals surface area contributed by atoms with Gasteiger partial charge in [0, 0.05) is 19.3 Å². The van der Waals surface area contributed by atoms with Gasteiger partial charge in [-0.25, -0.2) is 0 Å². The highest BCUT2D eigenvalue weighted by atomic mass is 16.6. The van der Waals surface area contributed by atoms with E-state index in [4.69, 9.17) is 14.2 Å². The van der Waals surface area contributed by atoms with E-state index in [0.29, 0.717) is 19.3 Å². The second kappa shape index (κ2) is 44.5. The summed E-state index contributed by atoms with van der Waals surface area (Å²) in [4.78, 5) is 37.7. The quantitative estimate of drug-likeness (QED) is 0.0347. The van der Waals surface area contributed by atoms with Crippen LogP contribution in [0.3, 0.4) is 0 Å². The van der Waals surface area contributed by atoms with Gasteiger partial charge >= 0.3 is 17.9 Å². The van der Waals surface area contributed by atoms with Gasteiger partial charge in [-0.05, 0) is 25.2 Å². The van der Waals surface area contributed by atoms with Crippen LogP contribution in [0.15, 0.2) is 0 Å². The lowest BCUT2D eigenvalue weighted by Crippen LogP contribution is -2.30. The van der Waals surface area contributed by atoms with Gasteiger partial charge in [0.1, 0.15) is 13.2 Å². The van der Waals surface area contributed by atoms with E-state index in [1.807, 2.05) is 0 Å². The zero-order valence-electron chi connectivity index (χ0n) is 38.1. The minimum atomic E-state index is -0.759. The van der Waals surface area contributed by atoms with E-state index in [9.17, 15) is 14.4 Å². The highest BCUT2D eigenvalue weighted by Gasteiger charge is 2.19. The topological polar surface area (TPSA) is 78.9 Å². The zero-order valence-corrected chi connectivity index (χ0v) is 38.1. The normalized spacial score (nSPS) is 11.9. The first-order valence-electron chi connectivity index (χ1n) is 24.9. The molecule has 0 unspecified atom stereocenters. The molecule has 332 valence electrons. The third kappa shape index (κ3) is 43.5. The molecule has 0 aromatic heterocycles. The van der Waals surface area contributed by atoms with Crippen molar-refractivity contribution in [3.05, 3.63) is 0 Å².